The van der Waals surface area contributed by atoms with Gasteiger partial charge in [0.2, 0.25) is 6.61 Å². The van der Waals surface area contributed by atoms with Crippen LogP contribution in [0.15, 0.2) is 16.8 Å². The summed E-state index contributed by atoms with van der Waals surface area (Å²) in [4.78, 5) is 29.1. The van der Waals surface area contributed by atoms with E-state index >= 15 is 0 Å². The van der Waals surface area contributed by atoms with Crippen LogP contribution in [0.4, 0.5) is 0 Å². The van der Waals surface area contributed by atoms with Gasteiger partial charge in [0.1, 0.15) is 11.0 Å². The molecule has 0 aliphatic rings. The van der Waals surface area contributed by atoms with Gasteiger partial charge in [-0.2, -0.15) is 4.73 Å². The molecule has 0 radical (unpaired) electrons. The lowest BCUT2D eigenvalue weighted by Gasteiger charge is -2.09. The van der Waals surface area contributed by atoms with Crippen LogP contribution in [0, 0.1) is 6.92 Å². The number of aromatic nitrogens is 3. The van der Waals surface area contributed by atoms with E-state index in [0.29, 0.717) is 33.2 Å². The number of Topliss-reactive ketones (excluding diaryl/α,β-unsaturated/α-hetero) is 1. The van der Waals surface area contributed by atoms with Crippen LogP contribution in [0.5, 0.6) is 0 Å². The first kappa shape index (κ1) is 15.0. The summed E-state index contributed by atoms with van der Waals surface area (Å²) in [5.74, 6) is -0.621. The van der Waals surface area contributed by atoms with Crippen LogP contribution in [0.25, 0.3) is 21.9 Å². The predicted molar refractivity (Wildman–Crippen MR) is 80.1 cm³/mol. The number of hydrogen-bond donors (Lipinski definition) is 0. The van der Waals surface area contributed by atoms with E-state index in [9.17, 15) is 9.59 Å². The molecule has 0 saturated heterocycles. The monoisotopic (exact) mass is 317 g/mol. The first-order valence-corrected chi connectivity index (χ1v) is 7.10. The number of nitrogens with zero attached hydrogens (tertiary/aromatic N) is 3. The Morgan fingerprint density at radius 1 is 1.30 bits per heavy atom. The molecule has 8 heteroatoms. The molecule has 2 heterocycles. The molecular weight excluding hydrogens is 302 g/mol. The molecule has 1 aromatic carbocycles. The highest BCUT2D eigenvalue weighted by atomic mass is 16.7. The third kappa shape index (κ3) is 2.41. The Labute approximate surface area is 130 Å². The molecule has 0 N–H and O–H groups in total. The van der Waals surface area contributed by atoms with Crippen molar-refractivity contribution in [1.82, 2.24) is 15.0 Å². The highest BCUT2D eigenvalue weighted by molar-refractivity contribution is 6.16. The molecule has 3 aromatic rings. The summed E-state index contributed by atoms with van der Waals surface area (Å²) in [5.41, 5.74) is 2.68. The van der Waals surface area contributed by atoms with E-state index in [1.54, 1.807) is 26.0 Å². The second-order valence-corrected chi connectivity index (χ2v) is 4.98. The average molecular weight is 317 g/mol. The van der Waals surface area contributed by atoms with Crippen molar-refractivity contribution in [2.75, 3.05) is 13.2 Å². The van der Waals surface area contributed by atoms with Crippen LogP contribution < -0.4 is 4.84 Å². The second-order valence-electron chi connectivity index (χ2n) is 4.98. The van der Waals surface area contributed by atoms with Gasteiger partial charge in [-0.25, -0.2) is 9.42 Å². The van der Waals surface area contributed by atoms with Crippen molar-refractivity contribution in [3.63, 3.8) is 0 Å². The zero-order valence-electron chi connectivity index (χ0n) is 13.0. The molecule has 23 heavy (non-hydrogen) atoms. The van der Waals surface area contributed by atoms with E-state index in [1.807, 2.05) is 0 Å². The van der Waals surface area contributed by atoms with Crippen LogP contribution in [0.3, 0.4) is 0 Å². The molecule has 0 atom stereocenters. The Balaban J connectivity index is 2.16. The molecule has 0 bridgehead atoms. The zero-order valence-corrected chi connectivity index (χ0v) is 13.0. The molecule has 0 aliphatic carbocycles. The number of rotatable bonds is 5. The fraction of sp³-hybridized carbons (Fsp3) is 0.333. The van der Waals surface area contributed by atoms with Gasteiger partial charge >= 0.3 is 5.97 Å². The van der Waals surface area contributed by atoms with Crippen LogP contribution in [-0.4, -0.2) is 40.0 Å². The number of fused-ring (bicyclic) bond motifs is 3. The molecular formula is C15H15N3O5. The van der Waals surface area contributed by atoms with Crippen molar-refractivity contribution in [1.29, 1.82) is 0 Å². The molecule has 0 amide bonds. The normalized spacial score (nSPS) is 11.1. The Bertz CT molecular complexity index is 909. The standard InChI is InChI=1S/C15H15N3O5/c1-4-21-12(20)7-22-18-8(2)13(9(3)19)14-11(18)6-5-10-15(14)17-23-16-10/h5-6H,4,7H2,1-3H3. The Hall–Kier alpha value is -2.90. The molecule has 0 aliphatic heterocycles. The Kier molecular flexibility index (Phi) is 3.73. The number of carbonyl (C=O) groups excluding carboxylic acids is 2. The average Bonchev–Trinajstić information content (AvgIpc) is 3.07. The third-order valence-electron chi connectivity index (χ3n) is 3.51. The number of carbonyl (C=O) groups is 2. The molecule has 8 nitrogen and oxygen atoms in total. The number of ether oxygens (including phenoxy) is 1. The van der Waals surface area contributed by atoms with Crippen molar-refractivity contribution in [3.8, 4) is 0 Å². The molecule has 0 fully saturated rings. The van der Waals surface area contributed by atoms with Gasteiger partial charge in [0, 0.05) is 5.39 Å². The van der Waals surface area contributed by atoms with Gasteiger partial charge in [-0.05, 0) is 43.2 Å². The lowest BCUT2D eigenvalue weighted by atomic mass is 10.1. The summed E-state index contributed by atoms with van der Waals surface area (Å²) in [6.45, 7) is 4.93. The van der Waals surface area contributed by atoms with Gasteiger partial charge in [-0.1, -0.05) is 0 Å². The number of hydrogen-bond acceptors (Lipinski definition) is 7. The largest absolute Gasteiger partial charge is 0.463 e. The highest BCUT2D eigenvalue weighted by Crippen LogP contribution is 2.30. The molecule has 120 valence electrons. The fourth-order valence-corrected chi connectivity index (χ4v) is 2.64. The maximum absolute atomic E-state index is 12.1. The van der Waals surface area contributed by atoms with E-state index in [1.165, 1.54) is 11.7 Å². The zero-order chi connectivity index (χ0) is 16.6. The minimum atomic E-state index is -0.484. The van der Waals surface area contributed by atoms with Crippen LogP contribution in [0.2, 0.25) is 0 Å². The quantitative estimate of drug-likeness (QED) is 0.521. The summed E-state index contributed by atoms with van der Waals surface area (Å²) in [5, 5.41) is 8.25. The van der Waals surface area contributed by atoms with Crippen LogP contribution in [-0.2, 0) is 9.53 Å². The summed E-state index contributed by atoms with van der Waals surface area (Å²) in [6.07, 6.45) is 0. The maximum atomic E-state index is 12.1. The summed E-state index contributed by atoms with van der Waals surface area (Å²) in [6, 6.07) is 3.45. The SMILES string of the molecule is CCOC(=O)COn1c(C)c(C(C)=O)c2c3nonc3ccc21. The molecule has 0 saturated carbocycles. The lowest BCUT2D eigenvalue weighted by molar-refractivity contribution is -0.148. The van der Waals surface area contributed by atoms with Gasteiger partial charge < -0.3 is 9.57 Å². The van der Waals surface area contributed by atoms with Crippen molar-refractivity contribution >= 4 is 33.7 Å². The van der Waals surface area contributed by atoms with Gasteiger partial charge in [0.15, 0.2) is 5.78 Å². The van der Waals surface area contributed by atoms with E-state index in [2.05, 4.69) is 10.3 Å². The Morgan fingerprint density at radius 3 is 2.78 bits per heavy atom. The van der Waals surface area contributed by atoms with Crippen molar-refractivity contribution in [3.05, 3.63) is 23.4 Å². The van der Waals surface area contributed by atoms with E-state index in [-0.39, 0.29) is 19.0 Å². The van der Waals surface area contributed by atoms with Gasteiger partial charge in [0.25, 0.3) is 0 Å². The summed E-state index contributed by atoms with van der Waals surface area (Å²) >= 11 is 0. The number of ketones is 1. The van der Waals surface area contributed by atoms with E-state index in [4.69, 9.17) is 14.2 Å². The number of esters is 1. The van der Waals surface area contributed by atoms with Crippen molar-refractivity contribution < 1.29 is 23.8 Å². The summed E-state index contributed by atoms with van der Waals surface area (Å²) < 4.78 is 11.0. The highest BCUT2D eigenvalue weighted by Gasteiger charge is 2.23. The molecule has 0 spiro atoms. The fourth-order valence-electron chi connectivity index (χ4n) is 2.64. The van der Waals surface area contributed by atoms with E-state index < -0.39 is 5.97 Å². The predicted octanol–water partition coefficient (Wildman–Crippen LogP) is 1.68. The third-order valence-corrected chi connectivity index (χ3v) is 3.51. The molecule has 0 unspecified atom stereocenters. The smallest absolute Gasteiger partial charge is 0.346 e. The van der Waals surface area contributed by atoms with Gasteiger partial charge in [-0.15, -0.1) is 0 Å². The van der Waals surface area contributed by atoms with Crippen molar-refractivity contribution in [2.24, 2.45) is 0 Å². The topological polar surface area (TPSA) is 96.5 Å². The maximum Gasteiger partial charge on any atom is 0.346 e. The van der Waals surface area contributed by atoms with Crippen LogP contribution in [0.1, 0.15) is 29.9 Å². The minimum Gasteiger partial charge on any atom is -0.463 e. The summed E-state index contributed by atoms with van der Waals surface area (Å²) in [7, 11) is 0. The van der Waals surface area contributed by atoms with Crippen LogP contribution >= 0.6 is 0 Å². The lowest BCUT2D eigenvalue weighted by Crippen LogP contribution is -2.22. The van der Waals surface area contributed by atoms with Gasteiger partial charge in [0.05, 0.1) is 23.4 Å². The van der Waals surface area contributed by atoms with Crippen molar-refractivity contribution in [2.45, 2.75) is 20.8 Å². The van der Waals surface area contributed by atoms with Gasteiger partial charge in [-0.3, -0.25) is 4.79 Å². The molecule has 2 aromatic heterocycles. The Morgan fingerprint density at radius 2 is 2.09 bits per heavy atom. The first-order chi connectivity index (χ1) is 11.0. The molecule has 3 rings (SSSR count). The number of benzene rings is 1. The second kappa shape index (κ2) is 5.71. The first-order valence-electron chi connectivity index (χ1n) is 7.10. The minimum absolute atomic E-state index is 0.138. The van der Waals surface area contributed by atoms with E-state index in [0.717, 1.165) is 0 Å².